The Hall–Kier alpha value is -1.95. The number of ether oxygens (including phenoxy) is 1. The van der Waals surface area contributed by atoms with Crippen molar-refractivity contribution >= 4 is 12.9 Å². The monoisotopic (exact) mass is 252 g/mol. The Labute approximate surface area is 102 Å². The zero-order valence-electron chi connectivity index (χ0n) is 9.16. The smallest absolute Gasteiger partial charge is 0.305 e. The molecule has 0 atom stereocenters. The molecule has 6 heteroatoms. The van der Waals surface area contributed by atoms with E-state index in [9.17, 15) is 13.2 Å². The molecule has 0 unspecified atom stereocenters. The van der Waals surface area contributed by atoms with Crippen LogP contribution in [0.4, 0.5) is 13.2 Å². The van der Waals surface area contributed by atoms with Gasteiger partial charge in [0, 0.05) is 6.07 Å². The summed E-state index contributed by atoms with van der Waals surface area (Å²) in [6.45, 7) is 0. The number of benzene rings is 2. The molecule has 0 aliphatic rings. The van der Waals surface area contributed by atoms with Crippen LogP contribution in [-0.4, -0.2) is 12.5 Å². The standard InChI is InChI=1S/C12H8BF3O2/c14-8-2-1-3-9(6-8)18-12-10(15)4-7(13-17)5-11(12)16/h1-6,13,17H. The molecule has 0 amide bonds. The zero-order valence-corrected chi connectivity index (χ0v) is 9.16. The summed E-state index contributed by atoms with van der Waals surface area (Å²) in [6, 6.07) is 6.85. The van der Waals surface area contributed by atoms with Gasteiger partial charge in [-0.25, -0.2) is 13.2 Å². The van der Waals surface area contributed by atoms with E-state index >= 15 is 0 Å². The molecule has 2 nitrogen and oxygen atoms in total. The van der Waals surface area contributed by atoms with Crippen molar-refractivity contribution in [2.24, 2.45) is 0 Å². The van der Waals surface area contributed by atoms with E-state index in [0.29, 0.717) is 0 Å². The molecule has 0 saturated heterocycles. The van der Waals surface area contributed by atoms with Gasteiger partial charge in [-0.05, 0) is 29.7 Å². The molecule has 0 aliphatic carbocycles. The fourth-order valence-corrected chi connectivity index (χ4v) is 1.45. The lowest BCUT2D eigenvalue weighted by atomic mass is 9.88. The van der Waals surface area contributed by atoms with Crippen LogP contribution in [-0.2, 0) is 0 Å². The predicted octanol–water partition coefficient (Wildman–Crippen LogP) is 1.87. The molecule has 0 aromatic heterocycles. The average Bonchev–Trinajstić information content (AvgIpc) is 2.33. The summed E-state index contributed by atoms with van der Waals surface area (Å²) < 4.78 is 44.9. The molecule has 0 aliphatic heterocycles. The number of hydrogen-bond acceptors (Lipinski definition) is 2. The van der Waals surface area contributed by atoms with Crippen molar-refractivity contribution < 1.29 is 22.9 Å². The summed E-state index contributed by atoms with van der Waals surface area (Å²) in [6.07, 6.45) is 0. The zero-order chi connectivity index (χ0) is 13.1. The third kappa shape index (κ3) is 2.65. The molecule has 92 valence electrons. The van der Waals surface area contributed by atoms with Crippen LogP contribution in [0.15, 0.2) is 36.4 Å². The molecule has 2 aromatic rings. The van der Waals surface area contributed by atoms with E-state index in [1.165, 1.54) is 18.2 Å². The Bertz CT molecular complexity index is 552. The summed E-state index contributed by atoms with van der Waals surface area (Å²) in [5, 5.41) is 8.78. The van der Waals surface area contributed by atoms with Crippen molar-refractivity contribution in [2.45, 2.75) is 0 Å². The van der Waals surface area contributed by atoms with Gasteiger partial charge in [-0.1, -0.05) is 6.07 Å². The number of hydrogen-bond donors (Lipinski definition) is 1. The summed E-state index contributed by atoms with van der Waals surface area (Å²) in [4.78, 5) is 0. The number of rotatable bonds is 3. The molecular weight excluding hydrogens is 244 g/mol. The summed E-state index contributed by atoms with van der Waals surface area (Å²) in [7, 11) is -0.478. The molecule has 0 heterocycles. The van der Waals surface area contributed by atoms with E-state index in [4.69, 9.17) is 9.76 Å². The molecular formula is C12H8BF3O2. The second-order valence-corrected chi connectivity index (χ2v) is 3.61. The highest BCUT2D eigenvalue weighted by atomic mass is 19.1. The molecule has 1 N–H and O–H groups in total. The van der Waals surface area contributed by atoms with Crippen molar-refractivity contribution in [3.63, 3.8) is 0 Å². The summed E-state index contributed by atoms with van der Waals surface area (Å²) in [5.41, 5.74) is 0.0941. The van der Waals surface area contributed by atoms with Gasteiger partial charge in [-0.15, -0.1) is 0 Å². The summed E-state index contributed by atoms with van der Waals surface area (Å²) >= 11 is 0. The Kier molecular flexibility index (Phi) is 3.57. The van der Waals surface area contributed by atoms with Crippen LogP contribution in [0.1, 0.15) is 0 Å². The molecule has 0 saturated carbocycles. The van der Waals surface area contributed by atoms with Gasteiger partial charge in [-0.2, -0.15) is 0 Å². The van der Waals surface area contributed by atoms with Crippen LogP contribution < -0.4 is 10.2 Å². The second-order valence-electron chi connectivity index (χ2n) is 3.61. The van der Waals surface area contributed by atoms with Gasteiger partial charge in [0.15, 0.2) is 17.4 Å². The Morgan fingerprint density at radius 1 is 1.00 bits per heavy atom. The van der Waals surface area contributed by atoms with Gasteiger partial charge in [0.25, 0.3) is 0 Å². The van der Waals surface area contributed by atoms with E-state index in [-0.39, 0.29) is 11.2 Å². The molecule has 18 heavy (non-hydrogen) atoms. The van der Waals surface area contributed by atoms with Crippen LogP contribution in [0.3, 0.4) is 0 Å². The number of halogens is 3. The van der Waals surface area contributed by atoms with Gasteiger partial charge in [0.2, 0.25) is 0 Å². The third-order valence-electron chi connectivity index (χ3n) is 2.26. The lowest BCUT2D eigenvalue weighted by Gasteiger charge is -2.09. The molecule has 0 fully saturated rings. The fraction of sp³-hybridized carbons (Fsp3) is 0. The van der Waals surface area contributed by atoms with Crippen molar-refractivity contribution in [3.8, 4) is 11.5 Å². The van der Waals surface area contributed by atoms with Gasteiger partial charge in [-0.3, -0.25) is 0 Å². The van der Waals surface area contributed by atoms with Crippen LogP contribution in [0, 0.1) is 17.5 Å². The highest BCUT2D eigenvalue weighted by molar-refractivity contribution is 6.45. The van der Waals surface area contributed by atoms with Gasteiger partial charge < -0.3 is 9.76 Å². The average molecular weight is 252 g/mol. The third-order valence-corrected chi connectivity index (χ3v) is 2.26. The van der Waals surface area contributed by atoms with E-state index in [1.54, 1.807) is 0 Å². The largest absolute Gasteiger partial charge is 0.451 e. The van der Waals surface area contributed by atoms with E-state index in [0.717, 1.165) is 18.2 Å². The fourth-order valence-electron chi connectivity index (χ4n) is 1.45. The van der Waals surface area contributed by atoms with Crippen LogP contribution in [0.2, 0.25) is 0 Å². The second kappa shape index (κ2) is 5.14. The minimum Gasteiger partial charge on any atom is -0.451 e. The van der Waals surface area contributed by atoms with Crippen molar-refractivity contribution in [2.75, 3.05) is 0 Å². The SMILES string of the molecule is OBc1cc(F)c(Oc2cccc(F)c2)c(F)c1. The highest BCUT2D eigenvalue weighted by Crippen LogP contribution is 2.26. The summed E-state index contributed by atoms with van der Waals surface area (Å²) in [5.74, 6) is -3.12. The van der Waals surface area contributed by atoms with Crippen molar-refractivity contribution in [3.05, 3.63) is 53.8 Å². The minimum atomic E-state index is -0.955. The minimum absolute atomic E-state index is 0.00968. The topological polar surface area (TPSA) is 29.5 Å². The maximum absolute atomic E-state index is 13.5. The molecule has 2 aromatic carbocycles. The quantitative estimate of drug-likeness (QED) is 0.845. The van der Waals surface area contributed by atoms with Crippen LogP contribution in [0.25, 0.3) is 0 Å². The van der Waals surface area contributed by atoms with Gasteiger partial charge in [0.05, 0.1) is 0 Å². The van der Waals surface area contributed by atoms with Crippen LogP contribution >= 0.6 is 0 Å². The van der Waals surface area contributed by atoms with Crippen molar-refractivity contribution in [1.29, 1.82) is 0 Å². The molecule has 0 bridgehead atoms. The first-order valence-electron chi connectivity index (χ1n) is 5.12. The lowest BCUT2D eigenvalue weighted by molar-refractivity contribution is 0.405. The van der Waals surface area contributed by atoms with Gasteiger partial charge >= 0.3 is 7.48 Å². The first kappa shape index (κ1) is 12.5. The van der Waals surface area contributed by atoms with Crippen LogP contribution in [0.5, 0.6) is 11.5 Å². The van der Waals surface area contributed by atoms with Gasteiger partial charge in [0.1, 0.15) is 11.6 Å². The van der Waals surface area contributed by atoms with Crippen molar-refractivity contribution in [1.82, 2.24) is 0 Å². The maximum atomic E-state index is 13.5. The van der Waals surface area contributed by atoms with E-state index < -0.39 is 30.7 Å². The Morgan fingerprint density at radius 3 is 2.22 bits per heavy atom. The lowest BCUT2D eigenvalue weighted by Crippen LogP contribution is -2.15. The van der Waals surface area contributed by atoms with E-state index in [2.05, 4.69) is 0 Å². The highest BCUT2D eigenvalue weighted by Gasteiger charge is 2.14. The Morgan fingerprint density at radius 2 is 1.67 bits per heavy atom. The first-order chi connectivity index (χ1) is 8.60. The Balaban J connectivity index is 2.35. The molecule has 0 radical (unpaired) electrons. The molecule has 2 rings (SSSR count). The predicted molar refractivity (Wildman–Crippen MR) is 61.8 cm³/mol. The normalized spacial score (nSPS) is 10.2. The molecule has 0 spiro atoms. The maximum Gasteiger partial charge on any atom is 0.305 e. The first-order valence-corrected chi connectivity index (χ1v) is 5.12. The van der Waals surface area contributed by atoms with E-state index in [1.807, 2.05) is 0 Å².